The third-order valence-corrected chi connectivity index (χ3v) is 9.14. The number of nitrogens with zero attached hydrogens (tertiary/aromatic N) is 1. The van der Waals surface area contributed by atoms with Crippen molar-refractivity contribution in [2.45, 2.75) is 37.1 Å². The number of nitrogens with one attached hydrogen (secondary N) is 3. The first-order chi connectivity index (χ1) is 20.5. The molecule has 2 saturated heterocycles. The summed E-state index contributed by atoms with van der Waals surface area (Å²) in [6.07, 6.45) is 0.106. The summed E-state index contributed by atoms with van der Waals surface area (Å²) in [6.45, 7) is 1.95. The SMILES string of the molecule is CC(NC(=O)[C@@H]1CC2(CN1C(=O)CNC(=O)c1ccc3c(c1)C(F)(F)c1ccccc1-3)OCCO2)c1cc(C(=N)N)cs1. The molecule has 1 aromatic heterocycles. The number of alkyl halides is 2. The van der Waals surface area contributed by atoms with Crippen molar-refractivity contribution < 1.29 is 32.6 Å². The van der Waals surface area contributed by atoms with Gasteiger partial charge in [0, 0.05) is 38.9 Å². The number of likely N-dealkylation sites (tertiary alicyclic amines) is 1. The maximum atomic E-state index is 15.1. The fourth-order valence-corrected chi connectivity index (χ4v) is 6.74. The van der Waals surface area contributed by atoms with Gasteiger partial charge >= 0.3 is 0 Å². The Bertz CT molecular complexity index is 1640. The second kappa shape index (κ2) is 10.8. The molecule has 13 heteroatoms. The van der Waals surface area contributed by atoms with E-state index in [0.717, 1.165) is 10.9 Å². The van der Waals surface area contributed by atoms with Gasteiger partial charge in [-0.3, -0.25) is 19.8 Å². The number of hydrogen-bond acceptors (Lipinski definition) is 7. The first-order valence-corrected chi connectivity index (χ1v) is 14.6. The van der Waals surface area contributed by atoms with Gasteiger partial charge in [-0.1, -0.05) is 30.3 Å². The standard InChI is InChI=1S/C30H29F2N5O5S/c1-16(24-11-18(14-43-24)26(33)34)36-28(40)23-12-29(41-8-9-42-29)15-37(23)25(38)13-35-27(39)17-6-7-20-19-4-2-3-5-21(19)30(31,32)22(20)10-17/h2-7,10-11,14,16,23H,8-9,12-13,15H2,1H3,(H3,33,34)(H,35,39)(H,36,40)/t16?,23-/m0/s1. The van der Waals surface area contributed by atoms with Crippen molar-refractivity contribution in [3.63, 3.8) is 0 Å². The number of carbonyl (C=O) groups is 3. The van der Waals surface area contributed by atoms with Gasteiger partial charge in [0.25, 0.3) is 11.8 Å². The summed E-state index contributed by atoms with van der Waals surface area (Å²) in [7, 11) is 0. The summed E-state index contributed by atoms with van der Waals surface area (Å²) in [6, 6.07) is 10.7. The number of amides is 3. The maximum Gasteiger partial charge on any atom is 0.299 e. The highest BCUT2D eigenvalue weighted by Crippen LogP contribution is 2.51. The van der Waals surface area contributed by atoms with Crippen LogP contribution in [0.4, 0.5) is 8.78 Å². The van der Waals surface area contributed by atoms with Crippen molar-refractivity contribution in [2.24, 2.45) is 5.73 Å². The van der Waals surface area contributed by atoms with Crippen molar-refractivity contribution in [3.05, 3.63) is 81.0 Å². The Morgan fingerprint density at radius 2 is 1.81 bits per heavy atom. The van der Waals surface area contributed by atoms with Gasteiger partial charge in [-0.05, 0) is 36.2 Å². The lowest BCUT2D eigenvalue weighted by molar-refractivity contribution is -0.152. The molecule has 1 unspecified atom stereocenters. The van der Waals surface area contributed by atoms with Gasteiger partial charge in [-0.25, -0.2) is 0 Å². The number of rotatable bonds is 7. The quantitative estimate of drug-likeness (QED) is 0.239. The Balaban J connectivity index is 1.14. The minimum absolute atomic E-state index is 0.00894. The molecule has 2 fully saturated rings. The minimum atomic E-state index is -3.25. The molecule has 0 bridgehead atoms. The number of fused-ring (bicyclic) bond motifs is 3. The number of nitrogens with two attached hydrogens (primary N) is 1. The lowest BCUT2D eigenvalue weighted by Crippen LogP contribution is -2.49. The predicted octanol–water partition coefficient (Wildman–Crippen LogP) is 3.10. The van der Waals surface area contributed by atoms with Crippen LogP contribution in [-0.2, 0) is 25.0 Å². The lowest BCUT2D eigenvalue weighted by Gasteiger charge is -2.25. The van der Waals surface area contributed by atoms with Gasteiger partial charge in [0.15, 0.2) is 5.79 Å². The number of hydrogen-bond donors (Lipinski definition) is 4. The second-order valence-electron chi connectivity index (χ2n) is 10.8. The predicted molar refractivity (Wildman–Crippen MR) is 154 cm³/mol. The van der Waals surface area contributed by atoms with Crippen molar-refractivity contribution >= 4 is 34.9 Å². The highest BCUT2D eigenvalue weighted by atomic mass is 32.1. The van der Waals surface area contributed by atoms with E-state index in [2.05, 4.69) is 10.6 Å². The zero-order valence-electron chi connectivity index (χ0n) is 23.1. The molecule has 3 amide bonds. The van der Waals surface area contributed by atoms with E-state index in [-0.39, 0.29) is 35.5 Å². The van der Waals surface area contributed by atoms with E-state index in [1.165, 1.54) is 34.4 Å². The Hall–Kier alpha value is -4.20. The fourth-order valence-electron chi connectivity index (χ4n) is 5.82. The Morgan fingerprint density at radius 3 is 2.53 bits per heavy atom. The molecule has 2 aromatic carbocycles. The van der Waals surface area contributed by atoms with Crippen LogP contribution in [0.25, 0.3) is 11.1 Å². The highest BCUT2D eigenvalue weighted by Gasteiger charge is 2.52. The molecule has 2 aliphatic heterocycles. The molecule has 1 spiro atoms. The molecule has 0 radical (unpaired) electrons. The molecule has 1 aliphatic carbocycles. The van der Waals surface area contributed by atoms with Crippen LogP contribution in [0, 0.1) is 5.41 Å². The summed E-state index contributed by atoms with van der Waals surface area (Å²) in [4.78, 5) is 41.9. The molecule has 3 aromatic rings. The molecule has 0 saturated carbocycles. The number of nitrogen functional groups attached to an aromatic ring is 1. The summed E-state index contributed by atoms with van der Waals surface area (Å²) in [5, 5.41) is 14.7. The van der Waals surface area contributed by atoms with Gasteiger partial charge < -0.3 is 30.7 Å². The molecule has 3 aliphatic rings. The monoisotopic (exact) mass is 609 g/mol. The Morgan fingerprint density at radius 1 is 1.09 bits per heavy atom. The first-order valence-electron chi connectivity index (χ1n) is 13.7. The van der Waals surface area contributed by atoms with Gasteiger partial charge in [0.05, 0.1) is 32.3 Å². The van der Waals surface area contributed by atoms with Crippen molar-refractivity contribution in [3.8, 4) is 11.1 Å². The fraction of sp³-hybridized carbons (Fsp3) is 0.333. The third-order valence-electron chi connectivity index (χ3n) is 8.02. The summed E-state index contributed by atoms with van der Waals surface area (Å²) in [5.41, 5.74) is 6.49. The first kappa shape index (κ1) is 28.9. The molecule has 5 N–H and O–H groups in total. The van der Waals surface area contributed by atoms with Crippen molar-refractivity contribution in [1.29, 1.82) is 5.41 Å². The van der Waals surface area contributed by atoms with Gasteiger partial charge in [-0.2, -0.15) is 8.78 Å². The minimum Gasteiger partial charge on any atom is -0.384 e. The Kier molecular flexibility index (Phi) is 7.27. The number of ether oxygens (including phenoxy) is 2. The van der Waals surface area contributed by atoms with Crippen LogP contribution in [0.5, 0.6) is 0 Å². The zero-order chi connectivity index (χ0) is 30.5. The highest BCUT2D eigenvalue weighted by molar-refractivity contribution is 7.10. The number of amidine groups is 1. The van der Waals surface area contributed by atoms with Gasteiger partial charge in [0.2, 0.25) is 11.8 Å². The number of benzene rings is 2. The number of thiophene rings is 1. The molecule has 10 nitrogen and oxygen atoms in total. The van der Waals surface area contributed by atoms with Crippen LogP contribution in [0.3, 0.4) is 0 Å². The maximum absolute atomic E-state index is 15.1. The topological polar surface area (TPSA) is 147 Å². The molecule has 2 atom stereocenters. The molecular formula is C30H29F2N5O5S. The van der Waals surface area contributed by atoms with Crippen LogP contribution >= 0.6 is 11.3 Å². The van der Waals surface area contributed by atoms with E-state index in [9.17, 15) is 14.4 Å². The Labute approximate surface area is 249 Å². The van der Waals surface area contributed by atoms with E-state index in [1.807, 2.05) is 0 Å². The van der Waals surface area contributed by atoms with Crippen LogP contribution in [0.1, 0.15) is 51.3 Å². The van der Waals surface area contributed by atoms with Gasteiger partial charge in [-0.15, -0.1) is 11.3 Å². The largest absolute Gasteiger partial charge is 0.384 e. The van der Waals surface area contributed by atoms with E-state index in [4.69, 9.17) is 20.6 Å². The smallest absolute Gasteiger partial charge is 0.299 e. The van der Waals surface area contributed by atoms with Crippen LogP contribution < -0.4 is 16.4 Å². The van der Waals surface area contributed by atoms with Crippen molar-refractivity contribution in [2.75, 3.05) is 26.3 Å². The van der Waals surface area contributed by atoms with E-state index < -0.39 is 48.1 Å². The molecule has 224 valence electrons. The molecule has 3 heterocycles. The summed E-state index contributed by atoms with van der Waals surface area (Å²) >= 11 is 1.35. The van der Waals surface area contributed by atoms with E-state index in [0.29, 0.717) is 29.9 Å². The van der Waals surface area contributed by atoms with Crippen LogP contribution in [0.15, 0.2) is 53.9 Å². The molecular weight excluding hydrogens is 580 g/mol. The van der Waals surface area contributed by atoms with Crippen molar-refractivity contribution in [1.82, 2.24) is 15.5 Å². The average Bonchev–Trinajstić information content (AvgIpc) is 3.78. The van der Waals surface area contributed by atoms with E-state index >= 15 is 8.78 Å². The van der Waals surface area contributed by atoms with E-state index in [1.54, 1.807) is 36.6 Å². The lowest BCUT2D eigenvalue weighted by atomic mass is 10.0. The van der Waals surface area contributed by atoms with Gasteiger partial charge in [0.1, 0.15) is 11.9 Å². The number of carbonyl (C=O) groups excluding carboxylic acids is 3. The second-order valence-corrected chi connectivity index (χ2v) is 11.7. The third kappa shape index (κ3) is 5.17. The summed E-state index contributed by atoms with van der Waals surface area (Å²) < 4.78 is 41.8. The van der Waals surface area contributed by atoms with Crippen LogP contribution in [-0.4, -0.2) is 66.6 Å². The zero-order valence-corrected chi connectivity index (χ0v) is 23.9. The molecule has 6 rings (SSSR count). The summed E-state index contributed by atoms with van der Waals surface area (Å²) in [5.74, 6) is -6.13. The molecule has 43 heavy (non-hydrogen) atoms. The van der Waals surface area contributed by atoms with Crippen LogP contribution in [0.2, 0.25) is 0 Å². The number of halogens is 2. The normalized spacial score (nSPS) is 20.0. The average molecular weight is 610 g/mol.